The lowest BCUT2D eigenvalue weighted by molar-refractivity contribution is -0.389. The maximum absolute atomic E-state index is 10.5. The number of rotatable bonds is 3. The molecule has 1 N–H and O–H groups in total. The minimum atomic E-state index is -0.480. The van der Waals surface area contributed by atoms with Crippen molar-refractivity contribution in [3.63, 3.8) is 0 Å². The smallest absolute Gasteiger partial charge is 0.363 e. The molecule has 17 heavy (non-hydrogen) atoms. The molecule has 1 fully saturated rings. The van der Waals surface area contributed by atoms with E-state index in [1.54, 1.807) is 6.07 Å². The van der Waals surface area contributed by atoms with Gasteiger partial charge in [0.15, 0.2) is 6.20 Å². The number of nitrogens with zero attached hydrogens (tertiary/aromatic N) is 2. The summed E-state index contributed by atoms with van der Waals surface area (Å²) in [5.74, 6) is 0.718. The fourth-order valence-corrected chi connectivity index (χ4v) is 2.22. The Bertz CT molecular complexity index is 383. The third-order valence-electron chi connectivity index (χ3n) is 3.32. The Hall–Kier alpha value is -1.65. The first-order valence-corrected chi connectivity index (χ1v) is 6.02. The van der Waals surface area contributed by atoms with E-state index in [2.05, 4.69) is 17.2 Å². The molecule has 1 aromatic heterocycles. The van der Waals surface area contributed by atoms with Crippen LogP contribution in [0.1, 0.15) is 32.6 Å². The van der Waals surface area contributed by atoms with Crippen LogP contribution in [-0.4, -0.2) is 15.9 Å². The number of aromatic nitrogens is 1. The maximum atomic E-state index is 10.5. The van der Waals surface area contributed by atoms with Crippen molar-refractivity contribution in [2.24, 2.45) is 5.92 Å². The maximum Gasteiger partial charge on any atom is 0.363 e. The van der Waals surface area contributed by atoms with Crippen molar-refractivity contribution in [2.45, 2.75) is 38.6 Å². The van der Waals surface area contributed by atoms with E-state index >= 15 is 0 Å². The minimum absolute atomic E-state index is 0.104. The molecule has 2 rings (SSSR count). The molecule has 1 heterocycles. The van der Waals surface area contributed by atoms with Gasteiger partial charge >= 0.3 is 5.82 Å². The van der Waals surface area contributed by atoms with Crippen LogP contribution in [0.5, 0.6) is 0 Å². The van der Waals surface area contributed by atoms with E-state index in [0.29, 0.717) is 6.04 Å². The Balaban J connectivity index is 1.92. The van der Waals surface area contributed by atoms with E-state index in [-0.39, 0.29) is 5.82 Å². The average Bonchev–Trinajstić information content (AvgIpc) is 2.33. The number of hydrogen-bond acceptors (Lipinski definition) is 4. The summed E-state index contributed by atoms with van der Waals surface area (Å²) in [6.45, 7) is 2.28. The summed E-state index contributed by atoms with van der Waals surface area (Å²) in [7, 11) is 0. The molecular formula is C12H17N3O2. The second-order valence-corrected chi connectivity index (χ2v) is 4.76. The summed E-state index contributed by atoms with van der Waals surface area (Å²) in [5.41, 5.74) is 0.871. The van der Waals surface area contributed by atoms with Crippen LogP contribution >= 0.6 is 0 Å². The molecule has 1 aromatic rings. The van der Waals surface area contributed by atoms with E-state index in [1.165, 1.54) is 25.1 Å². The summed E-state index contributed by atoms with van der Waals surface area (Å²) in [5, 5.41) is 13.8. The van der Waals surface area contributed by atoms with Gasteiger partial charge in [-0.3, -0.25) is 0 Å². The molecule has 1 saturated carbocycles. The van der Waals surface area contributed by atoms with Crippen molar-refractivity contribution < 1.29 is 4.92 Å². The van der Waals surface area contributed by atoms with Crippen LogP contribution in [-0.2, 0) is 0 Å². The summed E-state index contributed by atoms with van der Waals surface area (Å²) in [6.07, 6.45) is 6.36. The number of pyridine rings is 1. The monoisotopic (exact) mass is 235 g/mol. The fraction of sp³-hybridized carbons (Fsp3) is 0.583. The molecule has 5 heteroatoms. The topological polar surface area (TPSA) is 68.1 Å². The highest BCUT2D eigenvalue weighted by Crippen LogP contribution is 2.26. The van der Waals surface area contributed by atoms with Crippen LogP contribution in [0.25, 0.3) is 0 Å². The van der Waals surface area contributed by atoms with Gasteiger partial charge in [-0.2, -0.15) is 0 Å². The second-order valence-electron chi connectivity index (χ2n) is 4.76. The number of nitrogens with one attached hydrogen (secondary N) is 1. The lowest BCUT2D eigenvalue weighted by atomic mass is 9.87. The van der Waals surface area contributed by atoms with E-state index in [1.807, 2.05) is 0 Å². The molecule has 0 spiro atoms. The van der Waals surface area contributed by atoms with Crippen molar-refractivity contribution in [2.75, 3.05) is 5.32 Å². The van der Waals surface area contributed by atoms with Crippen LogP contribution in [0.4, 0.5) is 11.5 Å². The molecule has 1 aliphatic carbocycles. The van der Waals surface area contributed by atoms with Gasteiger partial charge in [0.1, 0.15) is 0 Å². The number of hydrogen-bond donors (Lipinski definition) is 1. The third kappa shape index (κ3) is 3.15. The van der Waals surface area contributed by atoms with Crippen molar-refractivity contribution in [1.82, 2.24) is 4.98 Å². The predicted octanol–water partition coefficient (Wildman–Crippen LogP) is 2.98. The SMILES string of the molecule is CC1CCC(Nc2ccc([N+](=O)[O-])nc2)CC1. The Morgan fingerprint density at radius 1 is 1.35 bits per heavy atom. The molecule has 0 unspecified atom stereocenters. The highest BCUT2D eigenvalue weighted by atomic mass is 16.6. The largest absolute Gasteiger partial charge is 0.379 e. The van der Waals surface area contributed by atoms with E-state index < -0.39 is 4.92 Å². The normalized spacial score (nSPS) is 24.3. The molecule has 5 nitrogen and oxygen atoms in total. The van der Waals surface area contributed by atoms with E-state index in [0.717, 1.165) is 24.4 Å². The van der Waals surface area contributed by atoms with Gasteiger partial charge in [-0.1, -0.05) is 6.92 Å². The van der Waals surface area contributed by atoms with Crippen molar-refractivity contribution >= 4 is 11.5 Å². The van der Waals surface area contributed by atoms with Crippen LogP contribution in [0.3, 0.4) is 0 Å². The van der Waals surface area contributed by atoms with Crippen molar-refractivity contribution in [3.8, 4) is 0 Å². The van der Waals surface area contributed by atoms with Gasteiger partial charge in [0.2, 0.25) is 0 Å². The zero-order chi connectivity index (χ0) is 12.3. The molecule has 0 aromatic carbocycles. The third-order valence-corrected chi connectivity index (χ3v) is 3.32. The van der Waals surface area contributed by atoms with Gasteiger partial charge in [-0.25, -0.2) is 0 Å². The highest BCUT2D eigenvalue weighted by Gasteiger charge is 2.18. The molecule has 92 valence electrons. The summed E-state index contributed by atoms with van der Waals surface area (Å²) in [6, 6.07) is 3.64. The molecule has 0 bridgehead atoms. The zero-order valence-corrected chi connectivity index (χ0v) is 9.93. The van der Waals surface area contributed by atoms with Crippen LogP contribution < -0.4 is 5.32 Å². The van der Waals surface area contributed by atoms with Crippen LogP contribution in [0.15, 0.2) is 18.3 Å². The zero-order valence-electron chi connectivity index (χ0n) is 9.93. The second kappa shape index (κ2) is 5.12. The summed E-state index contributed by atoms with van der Waals surface area (Å²) >= 11 is 0. The lowest BCUT2D eigenvalue weighted by Gasteiger charge is -2.27. The number of anilines is 1. The molecule has 0 saturated heterocycles. The Labute approximate surface area is 100 Å². The Morgan fingerprint density at radius 3 is 2.59 bits per heavy atom. The van der Waals surface area contributed by atoms with Gasteiger partial charge in [-0.15, -0.1) is 0 Å². The standard InChI is InChI=1S/C12H17N3O2/c1-9-2-4-10(5-3-9)14-11-6-7-12(13-8-11)15(16)17/h6-10,14H,2-5H2,1H3. The predicted molar refractivity (Wildman–Crippen MR) is 65.9 cm³/mol. The molecule has 0 radical (unpaired) electrons. The molecule has 0 atom stereocenters. The quantitative estimate of drug-likeness (QED) is 0.646. The van der Waals surface area contributed by atoms with Crippen LogP contribution in [0.2, 0.25) is 0 Å². The van der Waals surface area contributed by atoms with Gasteiger partial charge in [0.25, 0.3) is 0 Å². The fourth-order valence-electron chi connectivity index (χ4n) is 2.22. The first-order chi connectivity index (χ1) is 8.15. The number of nitro groups is 1. The Kier molecular flexibility index (Phi) is 3.56. The highest BCUT2D eigenvalue weighted by molar-refractivity contribution is 5.44. The summed E-state index contributed by atoms with van der Waals surface area (Å²) < 4.78 is 0. The first kappa shape index (κ1) is 11.8. The van der Waals surface area contributed by atoms with Gasteiger partial charge < -0.3 is 15.4 Å². The average molecular weight is 235 g/mol. The Morgan fingerprint density at radius 2 is 2.06 bits per heavy atom. The summed E-state index contributed by atoms with van der Waals surface area (Å²) in [4.78, 5) is 13.8. The van der Waals surface area contributed by atoms with Gasteiger partial charge in [0, 0.05) is 12.1 Å². The van der Waals surface area contributed by atoms with Gasteiger partial charge in [0.05, 0.1) is 5.69 Å². The molecule has 0 amide bonds. The molecular weight excluding hydrogens is 218 g/mol. The van der Waals surface area contributed by atoms with Crippen molar-refractivity contribution in [3.05, 3.63) is 28.4 Å². The van der Waals surface area contributed by atoms with E-state index in [4.69, 9.17) is 0 Å². The van der Waals surface area contributed by atoms with Crippen molar-refractivity contribution in [1.29, 1.82) is 0 Å². The van der Waals surface area contributed by atoms with Crippen LogP contribution in [0, 0.1) is 16.0 Å². The molecule has 0 aliphatic heterocycles. The van der Waals surface area contributed by atoms with Gasteiger partial charge in [-0.05, 0) is 47.6 Å². The molecule has 1 aliphatic rings. The first-order valence-electron chi connectivity index (χ1n) is 6.02. The minimum Gasteiger partial charge on any atom is -0.379 e. The van der Waals surface area contributed by atoms with E-state index in [9.17, 15) is 10.1 Å². The lowest BCUT2D eigenvalue weighted by Crippen LogP contribution is -2.25.